The minimum Gasteiger partial charge on any atom is -0.301 e. The summed E-state index contributed by atoms with van der Waals surface area (Å²) in [5.41, 5.74) is 0. The molecule has 1 rings (SSSR count). The van der Waals surface area contributed by atoms with Crippen LogP contribution < -0.4 is 0 Å². The second-order valence-electron chi connectivity index (χ2n) is 3.96. The molecule has 1 aliphatic rings. The summed E-state index contributed by atoms with van der Waals surface area (Å²) in [7, 11) is 0. The molecular formula is C10H16F3N3. The van der Waals surface area contributed by atoms with E-state index < -0.39 is 12.1 Å². The van der Waals surface area contributed by atoms with Gasteiger partial charge in [-0.3, -0.25) is 4.90 Å². The molecule has 0 aromatic carbocycles. The van der Waals surface area contributed by atoms with E-state index in [1.165, 1.54) is 6.07 Å². The van der Waals surface area contributed by atoms with Crippen LogP contribution in [-0.4, -0.2) is 55.2 Å². The van der Waals surface area contributed by atoms with Crippen molar-refractivity contribution in [3.05, 3.63) is 0 Å². The number of halogens is 3. The molecule has 1 unspecified atom stereocenters. The van der Waals surface area contributed by atoms with E-state index >= 15 is 0 Å². The van der Waals surface area contributed by atoms with Gasteiger partial charge >= 0.3 is 6.18 Å². The van der Waals surface area contributed by atoms with E-state index in [2.05, 4.69) is 4.90 Å². The average Bonchev–Trinajstić information content (AvgIpc) is 2.25. The molecular weight excluding hydrogens is 219 g/mol. The van der Waals surface area contributed by atoms with Crippen molar-refractivity contribution >= 4 is 0 Å². The summed E-state index contributed by atoms with van der Waals surface area (Å²) in [4.78, 5) is 3.90. The normalized spacial score (nSPS) is 21.7. The fraction of sp³-hybridized carbons (Fsp3) is 0.900. The molecule has 1 fully saturated rings. The van der Waals surface area contributed by atoms with Crippen LogP contribution in [0.5, 0.6) is 0 Å². The maximum Gasteiger partial charge on any atom is 0.405 e. The summed E-state index contributed by atoms with van der Waals surface area (Å²) in [6, 6.07) is 1.33. The Hall–Kier alpha value is -0.800. The minimum absolute atomic E-state index is 0.197. The second-order valence-corrected chi connectivity index (χ2v) is 3.96. The Morgan fingerprint density at radius 2 is 1.69 bits per heavy atom. The number of rotatable bonds is 3. The highest BCUT2D eigenvalue weighted by atomic mass is 19.4. The molecule has 92 valence electrons. The van der Waals surface area contributed by atoms with E-state index in [1.54, 1.807) is 4.90 Å². The topological polar surface area (TPSA) is 30.3 Å². The minimum atomic E-state index is -4.41. The van der Waals surface area contributed by atoms with Crippen LogP contribution in [0.2, 0.25) is 0 Å². The zero-order valence-electron chi connectivity index (χ0n) is 9.30. The van der Waals surface area contributed by atoms with Gasteiger partial charge in [-0.15, -0.1) is 0 Å². The van der Waals surface area contributed by atoms with Crippen molar-refractivity contribution in [3.8, 4) is 6.07 Å². The standard InChI is InChI=1S/C10H16F3N3/c1-2-15-3-5-16(6-4-15)8-9(7-14)10(11,12)13/h9H,2-6,8H2,1H3. The Kier molecular flexibility index (Phi) is 4.56. The van der Waals surface area contributed by atoms with Crippen molar-refractivity contribution in [3.63, 3.8) is 0 Å². The van der Waals surface area contributed by atoms with Gasteiger partial charge in [0.15, 0.2) is 5.92 Å². The van der Waals surface area contributed by atoms with Crippen molar-refractivity contribution in [1.29, 1.82) is 5.26 Å². The van der Waals surface area contributed by atoms with Crippen LogP contribution in [0.15, 0.2) is 0 Å². The summed E-state index contributed by atoms with van der Waals surface area (Å²) in [6.45, 7) is 5.55. The molecule has 1 atom stereocenters. The lowest BCUT2D eigenvalue weighted by atomic mass is 10.1. The smallest absolute Gasteiger partial charge is 0.301 e. The Labute approximate surface area is 93.4 Å². The number of alkyl halides is 3. The molecule has 0 saturated carbocycles. The summed E-state index contributed by atoms with van der Waals surface area (Å²) in [6.07, 6.45) is -4.41. The van der Waals surface area contributed by atoms with Crippen LogP contribution in [0.3, 0.4) is 0 Å². The first kappa shape index (κ1) is 13.3. The van der Waals surface area contributed by atoms with Gasteiger partial charge in [0.2, 0.25) is 0 Å². The molecule has 0 spiro atoms. The fourth-order valence-corrected chi connectivity index (χ4v) is 1.76. The van der Waals surface area contributed by atoms with Gasteiger partial charge in [0.25, 0.3) is 0 Å². The molecule has 0 N–H and O–H groups in total. The monoisotopic (exact) mass is 235 g/mol. The van der Waals surface area contributed by atoms with Gasteiger partial charge in [-0.25, -0.2) is 0 Å². The number of hydrogen-bond donors (Lipinski definition) is 0. The third kappa shape index (κ3) is 3.65. The number of hydrogen-bond acceptors (Lipinski definition) is 3. The highest BCUT2D eigenvalue weighted by Gasteiger charge is 2.41. The number of piperazine rings is 1. The van der Waals surface area contributed by atoms with Crippen LogP contribution in [0.25, 0.3) is 0 Å². The predicted octanol–water partition coefficient (Wildman–Crippen LogP) is 1.33. The Bertz CT molecular complexity index is 251. The summed E-state index contributed by atoms with van der Waals surface area (Å²) >= 11 is 0. The SMILES string of the molecule is CCN1CCN(CC(C#N)C(F)(F)F)CC1. The molecule has 0 aromatic rings. The van der Waals surface area contributed by atoms with E-state index in [1.807, 2.05) is 6.92 Å². The molecule has 0 aromatic heterocycles. The van der Waals surface area contributed by atoms with Crippen LogP contribution in [-0.2, 0) is 0 Å². The molecule has 0 amide bonds. The first-order valence-electron chi connectivity index (χ1n) is 5.38. The number of likely N-dealkylation sites (N-methyl/N-ethyl adjacent to an activating group) is 1. The first-order valence-corrected chi connectivity index (χ1v) is 5.38. The highest BCUT2D eigenvalue weighted by Crippen LogP contribution is 2.26. The van der Waals surface area contributed by atoms with E-state index in [0.717, 1.165) is 19.6 Å². The molecule has 0 radical (unpaired) electrons. The van der Waals surface area contributed by atoms with Gasteiger partial charge in [0, 0.05) is 32.7 Å². The van der Waals surface area contributed by atoms with E-state index in [0.29, 0.717) is 13.1 Å². The Balaban J connectivity index is 2.41. The Morgan fingerprint density at radius 1 is 1.19 bits per heavy atom. The summed E-state index contributed by atoms with van der Waals surface area (Å²) in [5, 5.41) is 8.48. The van der Waals surface area contributed by atoms with Crippen molar-refractivity contribution in [1.82, 2.24) is 9.80 Å². The van der Waals surface area contributed by atoms with Gasteiger partial charge in [-0.1, -0.05) is 6.92 Å². The Morgan fingerprint density at radius 3 is 2.06 bits per heavy atom. The molecule has 1 saturated heterocycles. The fourth-order valence-electron chi connectivity index (χ4n) is 1.76. The maximum atomic E-state index is 12.4. The number of nitrogens with zero attached hydrogens (tertiary/aromatic N) is 3. The van der Waals surface area contributed by atoms with Crippen molar-refractivity contribution in [2.75, 3.05) is 39.3 Å². The average molecular weight is 235 g/mol. The van der Waals surface area contributed by atoms with Gasteiger partial charge < -0.3 is 4.90 Å². The van der Waals surface area contributed by atoms with E-state index in [9.17, 15) is 13.2 Å². The second kappa shape index (κ2) is 5.51. The summed E-state index contributed by atoms with van der Waals surface area (Å²) < 4.78 is 37.1. The predicted molar refractivity (Wildman–Crippen MR) is 53.7 cm³/mol. The third-order valence-corrected chi connectivity index (χ3v) is 2.90. The van der Waals surface area contributed by atoms with Crippen LogP contribution in [0, 0.1) is 17.2 Å². The van der Waals surface area contributed by atoms with Crippen LogP contribution >= 0.6 is 0 Å². The van der Waals surface area contributed by atoms with Gasteiger partial charge in [0.1, 0.15) is 0 Å². The lowest BCUT2D eigenvalue weighted by molar-refractivity contribution is -0.164. The summed E-state index contributed by atoms with van der Waals surface area (Å²) in [5.74, 6) is -1.86. The first-order chi connectivity index (χ1) is 7.47. The zero-order valence-corrected chi connectivity index (χ0v) is 9.30. The lowest BCUT2D eigenvalue weighted by Crippen LogP contribution is -2.48. The third-order valence-electron chi connectivity index (χ3n) is 2.90. The molecule has 1 aliphatic heterocycles. The zero-order chi connectivity index (χ0) is 12.2. The maximum absolute atomic E-state index is 12.4. The van der Waals surface area contributed by atoms with Crippen LogP contribution in [0.1, 0.15) is 6.92 Å². The highest BCUT2D eigenvalue weighted by molar-refractivity contribution is 4.91. The van der Waals surface area contributed by atoms with Crippen LogP contribution in [0.4, 0.5) is 13.2 Å². The largest absolute Gasteiger partial charge is 0.405 e. The molecule has 0 aliphatic carbocycles. The van der Waals surface area contributed by atoms with Crippen molar-refractivity contribution in [2.45, 2.75) is 13.1 Å². The van der Waals surface area contributed by atoms with Gasteiger partial charge in [-0.2, -0.15) is 18.4 Å². The van der Waals surface area contributed by atoms with Crippen molar-refractivity contribution in [2.24, 2.45) is 5.92 Å². The van der Waals surface area contributed by atoms with Gasteiger partial charge in [0.05, 0.1) is 6.07 Å². The molecule has 16 heavy (non-hydrogen) atoms. The molecule has 0 bridgehead atoms. The molecule has 6 heteroatoms. The lowest BCUT2D eigenvalue weighted by Gasteiger charge is -2.35. The van der Waals surface area contributed by atoms with E-state index in [4.69, 9.17) is 5.26 Å². The van der Waals surface area contributed by atoms with Gasteiger partial charge in [-0.05, 0) is 6.54 Å². The molecule has 3 nitrogen and oxygen atoms in total. The number of nitriles is 1. The van der Waals surface area contributed by atoms with E-state index in [-0.39, 0.29) is 6.54 Å². The van der Waals surface area contributed by atoms with Crippen molar-refractivity contribution < 1.29 is 13.2 Å². The molecule has 1 heterocycles. The quantitative estimate of drug-likeness (QED) is 0.739.